The van der Waals surface area contributed by atoms with Gasteiger partial charge in [-0.1, -0.05) is 13.0 Å². The molecule has 98 valence electrons. The van der Waals surface area contributed by atoms with Crippen molar-refractivity contribution in [2.75, 3.05) is 6.54 Å². The van der Waals surface area contributed by atoms with Crippen LogP contribution in [0.3, 0.4) is 0 Å². The van der Waals surface area contributed by atoms with E-state index in [1.165, 1.54) is 12.3 Å². The van der Waals surface area contributed by atoms with Gasteiger partial charge in [0.05, 0.1) is 0 Å². The van der Waals surface area contributed by atoms with Gasteiger partial charge in [-0.15, -0.1) is 0 Å². The number of nitrogens with one attached hydrogen (secondary N) is 1. The Kier molecular flexibility index (Phi) is 5.26. The number of pyridine rings is 1. The monoisotopic (exact) mass is 251 g/mol. The Balaban J connectivity index is 2.53. The predicted molar refractivity (Wildman–Crippen MR) is 65.9 cm³/mol. The fraction of sp³-hybridized carbons (Fsp3) is 0.417. The van der Waals surface area contributed by atoms with Gasteiger partial charge in [-0.2, -0.15) is 0 Å². The minimum Gasteiger partial charge on any atom is -0.477 e. The highest BCUT2D eigenvalue weighted by molar-refractivity contribution is 5.85. The second-order valence-corrected chi connectivity index (χ2v) is 3.92. The Labute approximate surface area is 105 Å². The maximum Gasteiger partial charge on any atom is 0.354 e. The summed E-state index contributed by atoms with van der Waals surface area (Å²) in [5.74, 6) is -1.35. The molecule has 0 aliphatic rings. The molecule has 0 radical (unpaired) electrons. The van der Waals surface area contributed by atoms with E-state index in [1.807, 2.05) is 6.92 Å². The van der Waals surface area contributed by atoms with Crippen molar-refractivity contribution in [3.8, 4) is 0 Å². The Bertz CT molecular complexity index is 413. The lowest BCUT2D eigenvalue weighted by atomic mass is 10.1. The number of aromatic carboxylic acids is 1. The van der Waals surface area contributed by atoms with Crippen molar-refractivity contribution in [3.05, 3.63) is 29.6 Å². The maximum absolute atomic E-state index is 11.6. The SMILES string of the molecule is CCC(CN)C(=O)NCc1ccc(C(=O)O)nc1. The summed E-state index contributed by atoms with van der Waals surface area (Å²) in [4.78, 5) is 26.0. The molecule has 1 amide bonds. The van der Waals surface area contributed by atoms with Gasteiger partial charge in [0, 0.05) is 25.2 Å². The van der Waals surface area contributed by atoms with Gasteiger partial charge in [-0.3, -0.25) is 4.79 Å². The molecule has 0 saturated carbocycles. The zero-order valence-corrected chi connectivity index (χ0v) is 10.2. The molecular formula is C12H17N3O3. The minimum atomic E-state index is -1.07. The first-order valence-electron chi connectivity index (χ1n) is 5.74. The number of hydrogen-bond donors (Lipinski definition) is 3. The summed E-state index contributed by atoms with van der Waals surface area (Å²) in [6.45, 7) is 2.54. The molecular weight excluding hydrogens is 234 g/mol. The highest BCUT2D eigenvalue weighted by Crippen LogP contribution is 2.03. The van der Waals surface area contributed by atoms with Crippen molar-refractivity contribution in [2.24, 2.45) is 11.7 Å². The number of carboxylic acids is 1. The molecule has 1 aromatic rings. The number of carboxylic acid groups (broad SMARTS) is 1. The highest BCUT2D eigenvalue weighted by atomic mass is 16.4. The molecule has 1 heterocycles. The van der Waals surface area contributed by atoms with Crippen molar-refractivity contribution < 1.29 is 14.7 Å². The summed E-state index contributed by atoms with van der Waals surface area (Å²) in [5.41, 5.74) is 6.20. The van der Waals surface area contributed by atoms with Crippen LogP contribution in [0.4, 0.5) is 0 Å². The van der Waals surface area contributed by atoms with Gasteiger partial charge in [-0.05, 0) is 18.1 Å². The number of nitrogens with two attached hydrogens (primary N) is 1. The average molecular weight is 251 g/mol. The molecule has 0 fully saturated rings. The van der Waals surface area contributed by atoms with Crippen LogP contribution in [0, 0.1) is 5.92 Å². The van der Waals surface area contributed by atoms with Gasteiger partial charge < -0.3 is 16.2 Å². The number of rotatable bonds is 6. The Morgan fingerprint density at radius 2 is 2.22 bits per heavy atom. The topological polar surface area (TPSA) is 105 Å². The van der Waals surface area contributed by atoms with E-state index in [-0.39, 0.29) is 17.5 Å². The van der Waals surface area contributed by atoms with Crippen molar-refractivity contribution >= 4 is 11.9 Å². The Morgan fingerprint density at radius 1 is 1.50 bits per heavy atom. The first-order chi connectivity index (χ1) is 8.58. The standard InChI is InChI=1S/C12H17N3O3/c1-2-9(5-13)11(16)15-7-8-3-4-10(12(17)18)14-6-8/h3-4,6,9H,2,5,7,13H2,1H3,(H,15,16)(H,17,18). The molecule has 0 aromatic carbocycles. The Hall–Kier alpha value is -1.95. The van der Waals surface area contributed by atoms with Crippen LogP contribution in [0.15, 0.2) is 18.3 Å². The lowest BCUT2D eigenvalue weighted by molar-refractivity contribution is -0.124. The number of carbonyl (C=O) groups is 2. The molecule has 0 spiro atoms. The van der Waals surface area contributed by atoms with Gasteiger partial charge >= 0.3 is 5.97 Å². The number of amides is 1. The second kappa shape index (κ2) is 6.70. The van der Waals surface area contributed by atoms with E-state index < -0.39 is 5.97 Å². The van der Waals surface area contributed by atoms with Gasteiger partial charge in [0.1, 0.15) is 5.69 Å². The smallest absolute Gasteiger partial charge is 0.354 e. The third-order valence-electron chi connectivity index (χ3n) is 2.66. The molecule has 1 rings (SSSR count). The molecule has 6 heteroatoms. The van der Waals surface area contributed by atoms with Crippen LogP contribution in [-0.2, 0) is 11.3 Å². The lowest BCUT2D eigenvalue weighted by Gasteiger charge is -2.12. The molecule has 1 atom stereocenters. The van der Waals surface area contributed by atoms with Crippen LogP contribution < -0.4 is 11.1 Å². The van der Waals surface area contributed by atoms with E-state index in [9.17, 15) is 9.59 Å². The van der Waals surface area contributed by atoms with Gasteiger partial charge in [0.15, 0.2) is 0 Å². The number of hydrogen-bond acceptors (Lipinski definition) is 4. The third kappa shape index (κ3) is 3.81. The molecule has 1 aromatic heterocycles. The normalized spacial score (nSPS) is 11.9. The summed E-state index contributed by atoms with van der Waals surface area (Å²) in [7, 11) is 0. The van der Waals surface area contributed by atoms with Gasteiger partial charge in [0.2, 0.25) is 5.91 Å². The molecule has 0 aliphatic heterocycles. The summed E-state index contributed by atoms with van der Waals surface area (Å²) in [6.07, 6.45) is 2.13. The third-order valence-corrected chi connectivity index (χ3v) is 2.66. The van der Waals surface area contributed by atoms with Crippen molar-refractivity contribution in [1.29, 1.82) is 0 Å². The number of carbonyl (C=O) groups excluding carboxylic acids is 1. The molecule has 0 bridgehead atoms. The first kappa shape index (κ1) is 14.1. The van der Waals surface area contributed by atoms with Crippen LogP contribution in [-0.4, -0.2) is 28.5 Å². The van der Waals surface area contributed by atoms with Crippen LogP contribution in [0.5, 0.6) is 0 Å². The minimum absolute atomic E-state index is 0.0153. The Morgan fingerprint density at radius 3 is 2.67 bits per heavy atom. The van der Waals surface area contributed by atoms with E-state index in [4.69, 9.17) is 10.8 Å². The van der Waals surface area contributed by atoms with Crippen molar-refractivity contribution in [3.63, 3.8) is 0 Å². The molecule has 0 saturated heterocycles. The average Bonchev–Trinajstić information content (AvgIpc) is 2.38. The zero-order valence-electron chi connectivity index (χ0n) is 10.2. The molecule has 6 nitrogen and oxygen atoms in total. The van der Waals surface area contributed by atoms with E-state index >= 15 is 0 Å². The largest absolute Gasteiger partial charge is 0.477 e. The summed E-state index contributed by atoms with van der Waals surface area (Å²) in [6, 6.07) is 3.03. The first-order valence-corrected chi connectivity index (χ1v) is 5.74. The van der Waals surface area contributed by atoms with E-state index in [2.05, 4.69) is 10.3 Å². The van der Waals surface area contributed by atoms with Crippen LogP contribution in [0.25, 0.3) is 0 Å². The van der Waals surface area contributed by atoms with E-state index in [0.29, 0.717) is 19.5 Å². The molecule has 1 unspecified atom stereocenters. The molecule has 18 heavy (non-hydrogen) atoms. The maximum atomic E-state index is 11.6. The fourth-order valence-electron chi connectivity index (χ4n) is 1.45. The predicted octanol–water partition coefficient (Wildman–Crippen LogP) is 0.381. The number of nitrogens with zero attached hydrogens (tertiary/aromatic N) is 1. The molecule has 4 N–H and O–H groups in total. The summed E-state index contributed by atoms with van der Waals surface area (Å²) < 4.78 is 0. The highest BCUT2D eigenvalue weighted by Gasteiger charge is 2.13. The molecule has 0 aliphatic carbocycles. The van der Waals surface area contributed by atoms with Gasteiger partial charge in [-0.25, -0.2) is 9.78 Å². The summed E-state index contributed by atoms with van der Waals surface area (Å²) >= 11 is 0. The quantitative estimate of drug-likeness (QED) is 0.678. The van der Waals surface area contributed by atoms with Crippen LogP contribution in [0.1, 0.15) is 29.4 Å². The zero-order chi connectivity index (χ0) is 13.5. The summed E-state index contributed by atoms with van der Waals surface area (Å²) in [5, 5.41) is 11.4. The van der Waals surface area contributed by atoms with Crippen molar-refractivity contribution in [1.82, 2.24) is 10.3 Å². The second-order valence-electron chi connectivity index (χ2n) is 3.92. The van der Waals surface area contributed by atoms with Crippen LogP contribution in [0.2, 0.25) is 0 Å². The van der Waals surface area contributed by atoms with Crippen LogP contribution >= 0.6 is 0 Å². The van der Waals surface area contributed by atoms with Gasteiger partial charge in [0.25, 0.3) is 0 Å². The fourth-order valence-corrected chi connectivity index (χ4v) is 1.45. The van der Waals surface area contributed by atoms with E-state index in [1.54, 1.807) is 6.07 Å². The van der Waals surface area contributed by atoms with E-state index in [0.717, 1.165) is 5.56 Å². The lowest BCUT2D eigenvalue weighted by Crippen LogP contribution is -2.34. The number of aromatic nitrogens is 1. The van der Waals surface area contributed by atoms with Crippen molar-refractivity contribution in [2.45, 2.75) is 19.9 Å².